The third-order valence-electron chi connectivity index (χ3n) is 2.26. The molecule has 0 radical (unpaired) electrons. The summed E-state index contributed by atoms with van der Waals surface area (Å²) >= 11 is 0. The van der Waals surface area contributed by atoms with E-state index in [-0.39, 0.29) is 28.4 Å². The van der Waals surface area contributed by atoms with E-state index in [0.29, 0.717) is 0 Å². The van der Waals surface area contributed by atoms with Gasteiger partial charge < -0.3 is 20.3 Å². The molecule has 7 nitrogen and oxygen atoms in total. The van der Waals surface area contributed by atoms with Crippen LogP contribution in [0.4, 0.5) is 0 Å². The number of nitrogens with two attached hydrogens (primary N) is 1. The molecule has 3 N–H and O–H groups in total. The maximum absolute atomic E-state index is 11.1. The summed E-state index contributed by atoms with van der Waals surface area (Å²) in [5, 5.41) is 18.4. The van der Waals surface area contributed by atoms with E-state index in [1.165, 1.54) is 19.2 Å². The summed E-state index contributed by atoms with van der Waals surface area (Å²) in [6.45, 7) is 1.16. The summed E-state index contributed by atoms with van der Waals surface area (Å²) in [4.78, 5) is 22.1. The van der Waals surface area contributed by atoms with Gasteiger partial charge in [0, 0.05) is 12.5 Å². The molecule has 0 fully saturated rings. The third kappa shape index (κ3) is 3.26. The highest BCUT2D eigenvalue weighted by atomic mass is 16.6. The molecule has 0 aliphatic carbocycles. The van der Waals surface area contributed by atoms with Gasteiger partial charge in [0.2, 0.25) is 5.75 Å². The van der Waals surface area contributed by atoms with E-state index in [0.717, 1.165) is 13.0 Å². The zero-order chi connectivity index (χ0) is 15.3. The van der Waals surface area contributed by atoms with Gasteiger partial charge >= 0.3 is 5.97 Å². The molecule has 20 heavy (non-hydrogen) atoms. The number of nitriles is 1. The number of carbonyl (C=O) groups is 2. The molecule has 0 aliphatic heterocycles. The molecule has 0 bridgehead atoms. The molecule has 1 aromatic rings. The fourth-order valence-corrected chi connectivity index (χ4v) is 1.44. The maximum atomic E-state index is 11.1. The standard InChI is InChI=1S/C13H12N2O5/c1-7(16)20-11-8(5-9(6-14)13(15)18)3-4-10(17)12(11)19-2/h3-5,17H,1-2H3,(H2,15,18)/b9-5+. The number of carbonyl (C=O) groups excluding carboxylic acids is 2. The number of rotatable bonds is 4. The summed E-state index contributed by atoms with van der Waals surface area (Å²) in [6.07, 6.45) is 1.14. The van der Waals surface area contributed by atoms with Gasteiger partial charge in [-0.05, 0) is 18.2 Å². The van der Waals surface area contributed by atoms with Gasteiger partial charge in [-0.25, -0.2) is 0 Å². The predicted octanol–water partition coefficient (Wildman–Crippen LogP) is 0.718. The van der Waals surface area contributed by atoms with Crippen LogP contribution in [0.5, 0.6) is 17.2 Å². The van der Waals surface area contributed by atoms with Gasteiger partial charge in [-0.1, -0.05) is 0 Å². The average molecular weight is 276 g/mol. The van der Waals surface area contributed by atoms with Crippen molar-refractivity contribution in [2.75, 3.05) is 7.11 Å². The Kier molecular flexibility index (Phi) is 4.70. The second-order valence-electron chi connectivity index (χ2n) is 3.66. The average Bonchev–Trinajstić information content (AvgIpc) is 2.37. The van der Waals surface area contributed by atoms with Crippen molar-refractivity contribution >= 4 is 18.0 Å². The van der Waals surface area contributed by atoms with Crippen LogP contribution in [-0.4, -0.2) is 24.1 Å². The van der Waals surface area contributed by atoms with E-state index in [4.69, 9.17) is 20.5 Å². The lowest BCUT2D eigenvalue weighted by molar-refractivity contribution is -0.132. The first kappa shape index (κ1) is 15.0. The van der Waals surface area contributed by atoms with Gasteiger partial charge in [0.1, 0.15) is 11.6 Å². The van der Waals surface area contributed by atoms with Crippen LogP contribution in [0.2, 0.25) is 0 Å². The summed E-state index contributed by atoms with van der Waals surface area (Å²) < 4.78 is 9.88. The molecule has 1 amide bonds. The van der Waals surface area contributed by atoms with Crippen molar-refractivity contribution in [3.63, 3.8) is 0 Å². The van der Waals surface area contributed by atoms with Crippen molar-refractivity contribution in [3.05, 3.63) is 23.3 Å². The van der Waals surface area contributed by atoms with Crippen molar-refractivity contribution in [2.45, 2.75) is 6.92 Å². The van der Waals surface area contributed by atoms with Gasteiger partial charge in [-0.3, -0.25) is 9.59 Å². The first-order chi connectivity index (χ1) is 9.40. The second-order valence-corrected chi connectivity index (χ2v) is 3.66. The molecule has 7 heteroatoms. The Labute approximate surface area is 114 Å². The van der Waals surface area contributed by atoms with E-state index < -0.39 is 11.9 Å². The highest BCUT2D eigenvalue weighted by Gasteiger charge is 2.17. The Morgan fingerprint density at radius 3 is 2.50 bits per heavy atom. The van der Waals surface area contributed by atoms with E-state index >= 15 is 0 Å². The lowest BCUT2D eigenvalue weighted by Gasteiger charge is -2.12. The number of amides is 1. The van der Waals surface area contributed by atoms with E-state index in [2.05, 4.69) is 0 Å². The minimum Gasteiger partial charge on any atom is -0.504 e. The summed E-state index contributed by atoms with van der Waals surface area (Å²) in [5.74, 6) is -2.02. The van der Waals surface area contributed by atoms with E-state index in [1.54, 1.807) is 6.07 Å². The summed E-state index contributed by atoms with van der Waals surface area (Å²) in [7, 11) is 1.27. The SMILES string of the molecule is COc1c(O)ccc(/C=C(\C#N)C(N)=O)c1OC(C)=O. The number of phenolic OH excluding ortho intramolecular Hbond substituents is 1. The van der Waals surface area contributed by atoms with E-state index in [1.807, 2.05) is 0 Å². The number of methoxy groups -OCH3 is 1. The number of hydrogen-bond acceptors (Lipinski definition) is 6. The van der Waals surface area contributed by atoms with Gasteiger partial charge in [0.05, 0.1) is 7.11 Å². The molecule has 104 valence electrons. The van der Waals surface area contributed by atoms with Crippen molar-refractivity contribution in [3.8, 4) is 23.3 Å². The van der Waals surface area contributed by atoms with Gasteiger partial charge in [0.25, 0.3) is 5.91 Å². The maximum Gasteiger partial charge on any atom is 0.308 e. The second kappa shape index (κ2) is 6.24. The Hall–Kier alpha value is -3.01. The Bertz CT molecular complexity index is 628. The first-order valence-electron chi connectivity index (χ1n) is 5.40. The van der Waals surface area contributed by atoms with Crippen molar-refractivity contribution in [2.24, 2.45) is 5.73 Å². The lowest BCUT2D eigenvalue weighted by Crippen LogP contribution is -2.12. The Morgan fingerprint density at radius 2 is 2.05 bits per heavy atom. The first-order valence-corrected chi connectivity index (χ1v) is 5.40. The highest BCUT2D eigenvalue weighted by Crippen LogP contribution is 2.40. The highest BCUT2D eigenvalue weighted by molar-refractivity contribution is 6.01. The van der Waals surface area contributed by atoms with Crippen molar-refractivity contribution in [1.29, 1.82) is 5.26 Å². The Morgan fingerprint density at radius 1 is 1.40 bits per heavy atom. The largest absolute Gasteiger partial charge is 0.504 e. The van der Waals surface area contributed by atoms with Crippen LogP contribution in [0, 0.1) is 11.3 Å². The third-order valence-corrected chi connectivity index (χ3v) is 2.26. The molecule has 0 saturated carbocycles. The van der Waals surface area contributed by atoms with Gasteiger partial charge in [-0.15, -0.1) is 0 Å². The number of phenols is 1. The number of esters is 1. The van der Waals surface area contributed by atoms with Crippen LogP contribution in [0.3, 0.4) is 0 Å². The minimum absolute atomic E-state index is 0.0873. The topological polar surface area (TPSA) is 123 Å². The number of primary amides is 1. The molecule has 1 rings (SSSR count). The normalized spacial score (nSPS) is 10.6. The van der Waals surface area contributed by atoms with Crippen LogP contribution < -0.4 is 15.2 Å². The molecule has 0 aliphatic rings. The smallest absolute Gasteiger partial charge is 0.308 e. The fourth-order valence-electron chi connectivity index (χ4n) is 1.44. The molecular formula is C13H12N2O5. The van der Waals surface area contributed by atoms with Gasteiger partial charge in [-0.2, -0.15) is 5.26 Å². The molecule has 1 aromatic carbocycles. The summed E-state index contributed by atoms with van der Waals surface area (Å²) in [5.41, 5.74) is 4.90. The van der Waals surface area contributed by atoms with Crippen LogP contribution >= 0.6 is 0 Å². The monoisotopic (exact) mass is 276 g/mol. The minimum atomic E-state index is -0.923. The number of benzene rings is 1. The number of nitrogens with zero attached hydrogens (tertiary/aromatic N) is 1. The number of ether oxygens (including phenoxy) is 2. The Balaban J connectivity index is 3.51. The molecule has 0 atom stereocenters. The van der Waals surface area contributed by atoms with Crippen LogP contribution in [0.15, 0.2) is 17.7 Å². The molecule has 0 heterocycles. The fraction of sp³-hybridized carbons (Fsp3) is 0.154. The van der Waals surface area contributed by atoms with Crippen LogP contribution in [0.1, 0.15) is 12.5 Å². The lowest BCUT2D eigenvalue weighted by atomic mass is 10.1. The van der Waals surface area contributed by atoms with Crippen molar-refractivity contribution in [1.82, 2.24) is 0 Å². The molecule has 0 spiro atoms. The molecule has 0 unspecified atom stereocenters. The van der Waals surface area contributed by atoms with Crippen LogP contribution in [0.25, 0.3) is 6.08 Å². The van der Waals surface area contributed by atoms with Crippen molar-refractivity contribution < 1.29 is 24.2 Å². The van der Waals surface area contributed by atoms with Gasteiger partial charge in [0.15, 0.2) is 11.5 Å². The number of hydrogen-bond donors (Lipinski definition) is 2. The number of aromatic hydroxyl groups is 1. The zero-order valence-corrected chi connectivity index (χ0v) is 10.8. The summed E-state index contributed by atoms with van der Waals surface area (Å²) in [6, 6.07) is 4.25. The van der Waals surface area contributed by atoms with Crippen LogP contribution in [-0.2, 0) is 9.59 Å². The zero-order valence-electron chi connectivity index (χ0n) is 10.8. The molecule has 0 saturated heterocycles. The molecule has 0 aromatic heterocycles. The molecular weight excluding hydrogens is 264 g/mol. The van der Waals surface area contributed by atoms with E-state index in [9.17, 15) is 14.7 Å². The quantitative estimate of drug-likeness (QED) is 0.361. The predicted molar refractivity (Wildman–Crippen MR) is 68.8 cm³/mol.